The van der Waals surface area contributed by atoms with Gasteiger partial charge in [0.25, 0.3) is 5.91 Å². The molecule has 1 aliphatic heterocycles. The van der Waals surface area contributed by atoms with E-state index in [1.54, 1.807) is 11.7 Å². The average molecular weight is 379 g/mol. The van der Waals surface area contributed by atoms with Crippen LogP contribution in [-0.4, -0.2) is 58.2 Å². The van der Waals surface area contributed by atoms with Gasteiger partial charge in [-0.1, -0.05) is 25.4 Å². The molecule has 1 aromatic rings. The molecule has 2 aliphatic carbocycles. The lowest BCUT2D eigenvalue weighted by atomic mass is 9.90. The Morgan fingerprint density at radius 3 is 2.58 bits per heavy atom. The molecule has 2 saturated carbocycles. The molecule has 4 rings (SSSR count). The van der Waals surface area contributed by atoms with E-state index in [0.717, 1.165) is 43.6 Å². The highest BCUT2D eigenvalue weighted by Gasteiger charge is 2.55. The van der Waals surface area contributed by atoms with Gasteiger partial charge in [0.05, 0.1) is 11.3 Å². The van der Waals surface area contributed by atoms with Crippen molar-refractivity contribution in [2.75, 3.05) is 26.7 Å². The molecule has 3 aliphatic rings. The van der Waals surface area contributed by atoms with Crippen molar-refractivity contribution in [1.82, 2.24) is 19.6 Å². The number of rotatable bonds is 5. The Morgan fingerprint density at radius 2 is 2.00 bits per heavy atom. The molecule has 0 radical (unpaired) electrons. The number of halogens is 1. The largest absolute Gasteiger partial charge is 0.338 e. The number of hydrogen-bond donors (Lipinski definition) is 0. The zero-order valence-electron chi connectivity index (χ0n) is 16.5. The molecule has 1 atom stereocenters. The van der Waals surface area contributed by atoms with E-state index >= 15 is 0 Å². The van der Waals surface area contributed by atoms with Crippen molar-refractivity contribution in [1.29, 1.82) is 0 Å². The second-order valence-electron chi connectivity index (χ2n) is 9.06. The highest BCUT2D eigenvalue weighted by molar-refractivity contribution is 6.33. The fraction of sp³-hybridized carbons (Fsp3) is 0.800. The molecule has 0 bridgehead atoms. The van der Waals surface area contributed by atoms with Gasteiger partial charge in [0, 0.05) is 32.7 Å². The molecule has 1 amide bonds. The van der Waals surface area contributed by atoms with E-state index in [1.807, 2.05) is 4.90 Å². The van der Waals surface area contributed by atoms with E-state index in [1.165, 1.54) is 25.8 Å². The Hall–Kier alpha value is -1.07. The number of carbonyl (C=O) groups is 1. The lowest BCUT2D eigenvalue weighted by molar-refractivity contribution is 0.0663. The normalized spacial score (nSPS) is 24.7. The van der Waals surface area contributed by atoms with Gasteiger partial charge < -0.3 is 9.80 Å². The minimum Gasteiger partial charge on any atom is -0.338 e. The molecule has 2 heterocycles. The monoisotopic (exact) mass is 378 g/mol. The quantitative estimate of drug-likeness (QED) is 0.787. The Morgan fingerprint density at radius 1 is 1.35 bits per heavy atom. The molecular formula is C20H31ClN4O. The van der Waals surface area contributed by atoms with Gasteiger partial charge in [-0.05, 0) is 56.4 Å². The standard InChI is InChI=1S/C20H31ClN4O/c1-13(2)17-16(18(21)24(4)22-17)19(26)25-9-7-20(8-10-25)11-14(20)12-23(3)15-5-6-15/h13-15H,5-12H2,1-4H3. The molecule has 0 aromatic carbocycles. The number of amides is 1. The van der Waals surface area contributed by atoms with Gasteiger partial charge in [-0.3, -0.25) is 9.48 Å². The van der Waals surface area contributed by atoms with E-state index in [2.05, 4.69) is 30.9 Å². The van der Waals surface area contributed by atoms with Crippen LogP contribution in [0.25, 0.3) is 0 Å². The lowest BCUT2D eigenvalue weighted by Gasteiger charge is -2.33. The van der Waals surface area contributed by atoms with Gasteiger partial charge in [-0.2, -0.15) is 5.10 Å². The van der Waals surface area contributed by atoms with E-state index in [0.29, 0.717) is 16.1 Å². The lowest BCUT2D eigenvalue weighted by Crippen LogP contribution is -2.40. The van der Waals surface area contributed by atoms with Gasteiger partial charge in [-0.15, -0.1) is 0 Å². The highest BCUT2D eigenvalue weighted by atomic mass is 35.5. The van der Waals surface area contributed by atoms with Crippen molar-refractivity contribution in [3.05, 3.63) is 16.4 Å². The second kappa shape index (κ2) is 6.52. The summed E-state index contributed by atoms with van der Waals surface area (Å²) in [5.74, 6) is 1.09. The first-order chi connectivity index (χ1) is 12.3. The smallest absolute Gasteiger partial charge is 0.258 e. The van der Waals surface area contributed by atoms with Crippen LogP contribution in [0.4, 0.5) is 0 Å². The molecule has 1 spiro atoms. The van der Waals surface area contributed by atoms with E-state index in [-0.39, 0.29) is 11.8 Å². The SMILES string of the molecule is CC(C)c1nn(C)c(Cl)c1C(=O)N1CCC2(CC1)CC2CN(C)C1CC1. The Bertz CT molecular complexity index is 701. The Balaban J connectivity index is 1.39. The molecule has 26 heavy (non-hydrogen) atoms. The summed E-state index contributed by atoms with van der Waals surface area (Å²) in [6.45, 7) is 7.07. The van der Waals surface area contributed by atoms with Gasteiger partial charge >= 0.3 is 0 Å². The molecule has 0 N–H and O–H groups in total. The van der Waals surface area contributed by atoms with Crippen LogP contribution in [0.1, 0.15) is 67.9 Å². The topological polar surface area (TPSA) is 41.4 Å². The van der Waals surface area contributed by atoms with Crippen LogP contribution in [0.3, 0.4) is 0 Å². The van der Waals surface area contributed by atoms with Crippen LogP contribution in [0, 0.1) is 11.3 Å². The summed E-state index contributed by atoms with van der Waals surface area (Å²) < 4.78 is 1.63. The van der Waals surface area contributed by atoms with Gasteiger partial charge in [0.2, 0.25) is 0 Å². The highest BCUT2D eigenvalue weighted by Crippen LogP contribution is 2.60. The van der Waals surface area contributed by atoms with Crippen molar-refractivity contribution >= 4 is 17.5 Å². The molecule has 1 unspecified atom stereocenters. The number of hydrogen-bond acceptors (Lipinski definition) is 3. The summed E-state index contributed by atoms with van der Waals surface area (Å²) in [6.07, 6.45) is 6.37. The summed E-state index contributed by atoms with van der Waals surface area (Å²) in [5.41, 5.74) is 1.93. The van der Waals surface area contributed by atoms with Crippen molar-refractivity contribution in [3.8, 4) is 0 Å². The minimum atomic E-state index is 0.0638. The fourth-order valence-electron chi connectivity index (χ4n) is 4.75. The first kappa shape index (κ1) is 18.3. The van der Waals surface area contributed by atoms with Gasteiger partial charge in [-0.25, -0.2) is 0 Å². The maximum Gasteiger partial charge on any atom is 0.258 e. The maximum absolute atomic E-state index is 13.1. The van der Waals surface area contributed by atoms with Crippen molar-refractivity contribution < 1.29 is 4.79 Å². The summed E-state index contributed by atoms with van der Waals surface area (Å²) in [5, 5.41) is 4.93. The van der Waals surface area contributed by atoms with E-state index in [4.69, 9.17) is 11.6 Å². The van der Waals surface area contributed by atoms with Crippen LogP contribution in [0.5, 0.6) is 0 Å². The molecule has 3 fully saturated rings. The van der Waals surface area contributed by atoms with Crippen LogP contribution >= 0.6 is 11.6 Å². The van der Waals surface area contributed by atoms with Gasteiger partial charge in [0.15, 0.2) is 0 Å². The summed E-state index contributed by atoms with van der Waals surface area (Å²) in [7, 11) is 4.08. The molecular weight excluding hydrogens is 348 g/mol. The van der Waals surface area contributed by atoms with E-state index in [9.17, 15) is 4.79 Å². The molecule has 1 aromatic heterocycles. The maximum atomic E-state index is 13.1. The second-order valence-corrected chi connectivity index (χ2v) is 9.41. The zero-order chi connectivity index (χ0) is 18.6. The molecule has 5 nitrogen and oxygen atoms in total. The van der Waals surface area contributed by atoms with Crippen LogP contribution in [-0.2, 0) is 7.05 Å². The Labute approximate surface area is 161 Å². The summed E-state index contributed by atoms with van der Waals surface area (Å²) in [6, 6.07) is 0.844. The third-order valence-electron chi connectivity index (χ3n) is 6.85. The number of aryl methyl sites for hydroxylation is 1. The van der Waals surface area contributed by atoms with Crippen molar-refractivity contribution in [3.63, 3.8) is 0 Å². The van der Waals surface area contributed by atoms with Crippen molar-refractivity contribution in [2.24, 2.45) is 18.4 Å². The first-order valence-electron chi connectivity index (χ1n) is 10.0. The molecule has 1 saturated heterocycles. The summed E-state index contributed by atoms with van der Waals surface area (Å²) in [4.78, 5) is 17.7. The molecule has 144 valence electrons. The van der Waals surface area contributed by atoms with Crippen LogP contribution in [0.15, 0.2) is 0 Å². The van der Waals surface area contributed by atoms with Crippen molar-refractivity contribution in [2.45, 2.75) is 57.9 Å². The van der Waals surface area contributed by atoms with Crippen LogP contribution in [0.2, 0.25) is 5.15 Å². The van der Waals surface area contributed by atoms with E-state index < -0.39 is 0 Å². The summed E-state index contributed by atoms with van der Waals surface area (Å²) >= 11 is 6.40. The number of aromatic nitrogens is 2. The predicted molar refractivity (Wildman–Crippen MR) is 104 cm³/mol. The number of piperidine rings is 1. The average Bonchev–Trinajstić information content (AvgIpc) is 3.51. The number of carbonyl (C=O) groups excluding carboxylic acids is 1. The number of nitrogens with zero attached hydrogens (tertiary/aromatic N) is 4. The van der Waals surface area contributed by atoms with Crippen LogP contribution < -0.4 is 0 Å². The molecule has 6 heteroatoms. The zero-order valence-corrected chi connectivity index (χ0v) is 17.2. The van der Waals surface area contributed by atoms with Gasteiger partial charge in [0.1, 0.15) is 5.15 Å². The first-order valence-corrected chi connectivity index (χ1v) is 10.4. The minimum absolute atomic E-state index is 0.0638. The third kappa shape index (κ3) is 3.18. The Kier molecular flexibility index (Phi) is 4.59. The number of likely N-dealkylation sites (tertiary alicyclic amines) is 1. The predicted octanol–water partition coefficient (Wildman–Crippen LogP) is 3.53. The fourth-order valence-corrected chi connectivity index (χ4v) is 4.97. The third-order valence-corrected chi connectivity index (χ3v) is 7.28.